The zero-order valence-electron chi connectivity index (χ0n) is 17.9. The van der Waals surface area contributed by atoms with Crippen LogP contribution in [0.3, 0.4) is 0 Å². The first kappa shape index (κ1) is 21.1. The molecule has 0 aliphatic rings. The van der Waals surface area contributed by atoms with Crippen LogP contribution >= 0.6 is 0 Å². The fourth-order valence-corrected chi connectivity index (χ4v) is 3.41. The number of nitrogens with zero attached hydrogens (tertiary/aromatic N) is 2. The van der Waals surface area contributed by atoms with Gasteiger partial charge in [0.15, 0.2) is 0 Å². The number of hydrogen-bond acceptors (Lipinski definition) is 5. The molecule has 0 saturated heterocycles. The summed E-state index contributed by atoms with van der Waals surface area (Å²) in [5.74, 6) is 3.33. The molecule has 0 aliphatic heterocycles. The number of ether oxygens (including phenoxy) is 1. The van der Waals surface area contributed by atoms with Crippen LogP contribution in [0.5, 0.6) is 11.5 Å². The van der Waals surface area contributed by atoms with E-state index in [-0.39, 0.29) is 24.0 Å². The van der Waals surface area contributed by atoms with Crippen LogP contribution in [0.25, 0.3) is 22.2 Å². The minimum absolute atomic E-state index is 0.0865. The number of aromatic hydroxyl groups is 1. The maximum absolute atomic E-state index is 13.1. The molecule has 0 amide bonds. The Morgan fingerprint density at radius 2 is 1.75 bits per heavy atom. The van der Waals surface area contributed by atoms with E-state index in [1.54, 1.807) is 24.3 Å². The van der Waals surface area contributed by atoms with E-state index < -0.39 is 0 Å². The van der Waals surface area contributed by atoms with Crippen LogP contribution in [-0.4, -0.2) is 27.5 Å². The monoisotopic (exact) mass is 422 g/mol. The summed E-state index contributed by atoms with van der Waals surface area (Å²) in [4.78, 5) is 22.2. The Morgan fingerprint density at radius 3 is 2.41 bits per heavy atom. The van der Waals surface area contributed by atoms with Crippen molar-refractivity contribution < 1.29 is 14.6 Å². The summed E-state index contributed by atoms with van der Waals surface area (Å²) < 4.78 is 5.58. The lowest BCUT2D eigenvalue weighted by atomic mass is 9.99. The molecular weight excluding hydrogens is 400 g/mol. The predicted molar refractivity (Wildman–Crippen MR) is 125 cm³/mol. The molecule has 0 bridgehead atoms. The molecule has 5 nitrogen and oxygen atoms in total. The Morgan fingerprint density at radius 1 is 1.03 bits per heavy atom. The lowest BCUT2D eigenvalue weighted by molar-refractivity contribution is 0.103. The Labute approximate surface area is 186 Å². The van der Waals surface area contributed by atoms with Crippen molar-refractivity contribution in [2.75, 3.05) is 6.61 Å². The highest BCUT2D eigenvalue weighted by Gasteiger charge is 2.18. The standard InChI is InChI=1S/C27H22N2O3/c1-4-15-32-22-13-14-24-23(16-22)25(19-7-5-18(6-8-19)17(2)3)29-27(28-24)26(31)20-9-11-21(30)12-10-20/h1,5-14,16-17,30H,15H2,2-3H3. The molecule has 158 valence electrons. The highest BCUT2D eigenvalue weighted by atomic mass is 16.5. The molecule has 1 aromatic heterocycles. The molecule has 1 heterocycles. The average Bonchev–Trinajstić information content (AvgIpc) is 2.82. The van der Waals surface area contributed by atoms with E-state index in [4.69, 9.17) is 11.2 Å². The van der Waals surface area contributed by atoms with Crippen LogP contribution < -0.4 is 4.74 Å². The van der Waals surface area contributed by atoms with E-state index in [1.165, 1.54) is 17.7 Å². The van der Waals surface area contributed by atoms with E-state index >= 15 is 0 Å². The van der Waals surface area contributed by atoms with Crippen LogP contribution in [-0.2, 0) is 0 Å². The van der Waals surface area contributed by atoms with Crippen LogP contribution in [0.2, 0.25) is 0 Å². The SMILES string of the molecule is C#CCOc1ccc2nc(C(=O)c3ccc(O)cc3)nc(-c3ccc(C(C)C)cc3)c2c1. The quantitative estimate of drug-likeness (QED) is 0.334. The second kappa shape index (κ2) is 8.91. The van der Waals surface area contributed by atoms with E-state index in [2.05, 4.69) is 41.9 Å². The minimum Gasteiger partial charge on any atom is -0.508 e. The van der Waals surface area contributed by atoms with Gasteiger partial charge >= 0.3 is 0 Å². The van der Waals surface area contributed by atoms with Crippen molar-refractivity contribution in [2.24, 2.45) is 0 Å². The molecule has 0 fully saturated rings. The summed E-state index contributed by atoms with van der Waals surface area (Å²) in [5.41, 5.74) is 3.75. The second-order valence-corrected chi connectivity index (χ2v) is 7.72. The second-order valence-electron chi connectivity index (χ2n) is 7.72. The third-order valence-corrected chi connectivity index (χ3v) is 5.17. The summed E-state index contributed by atoms with van der Waals surface area (Å²) in [6, 6.07) is 19.6. The van der Waals surface area contributed by atoms with Gasteiger partial charge in [0.25, 0.3) is 0 Å². The van der Waals surface area contributed by atoms with E-state index in [0.717, 1.165) is 10.9 Å². The van der Waals surface area contributed by atoms with Crippen molar-refractivity contribution in [3.8, 4) is 35.1 Å². The molecule has 4 rings (SSSR count). The maximum atomic E-state index is 13.1. The number of phenolic OH excluding ortho intramolecular Hbond substituents is 1. The van der Waals surface area contributed by atoms with Gasteiger partial charge in [-0.1, -0.05) is 44.0 Å². The number of carbonyl (C=O) groups excluding carboxylic acids is 1. The number of ketones is 1. The van der Waals surface area contributed by atoms with Gasteiger partial charge in [0.05, 0.1) is 11.2 Å². The van der Waals surface area contributed by atoms with Gasteiger partial charge < -0.3 is 9.84 Å². The van der Waals surface area contributed by atoms with Gasteiger partial charge in [-0.25, -0.2) is 9.97 Å². The third-order valence-electron chi connectivity index (χ3n) is 5.17. The first-order valence-corrected chi connectivity index (χ1v) is 10.3. The first-order valence-electron chi connectivity index (χ1n) is 10.3. The van der Waals surface area contributed by atoms with Gasteiger partial charge in [-0.3, -0.25) is 4.79 Å². The Bertz CT molecular complexity index is 1320. The number of hydrogen-bond donors (Lipinski definition) is 1. The van der Waals surface area contributed by atoms with E-state index in [9.17, 15) is 9.90 Å². The van der Waals surface area contributed by atoms with Crippen molar-refractivity contribution >= 4 is 16.7 Å². The molecule has 1 N–H and O–H groups in total. The van der Waals surface area contributed by atoms with Crippen molar-refractivity contribution in [3.05, 3.63) is 83.7 Å². The molecule has 0 atom stereocenters. The predicted octanol–water partition coefficient (Wildman–Crippen LogP) is 5.37. The number of aromatic nitrogens is 2. The molecular formula is C27H22N2O3. The number of phenols is 1. The lowest BCUT2D eigenvalue weighted by Crippen LogP contribution is -2.08. The summed E-state index contributed by atoms with van der Waals surface area (Å²) in [7, 11) is 0. The molecule has 0 saturated carbocycles. The van der Waals surface area contributed by atoms with Crippen molar-refractivity contribution in [2.45, 2.75) is 19.8 Å². The smallest absolute Gasteiger partial charge is 0.230 e. The molecule has 0 spiro atoms. The normalized spacial score (nSPS) is 10.8. The number of fused-ring (bicyclic) bond motifs is 1. The summed E-state index contributed by atoms with van der Waals surface area (Å²) in [6.45, 7) is 4.43. The average molecular weight is 422 g/mol. The molecule has 0 radical (unpaired) electrons. The number of terminal acetylenes is 1. The van der Waals surface area contributed by atoms with Gasteiger partial charge in [0.2, 0.25) is 11.6 Å². The number of benzene rings is 3. The Kier molecular flexibility index (Phi) is 5.87. The van der Waals surface area contributed by atoms with Crippen LogP contribution in [0.1, 0.15) is 41.5 Å². The lowest BCUT2D eigenvalue weighted by Gasteiger charge is -2.12. The van der Waals surface area contributed by atoms with Crippen LogP contribution in [0.15, 0.2) is 66.7 Å². The van der Waals surface area contributed by atoms with Gasteiger partial charge in [-0.15, -0.1) is 6.42 Å². The number of rotatable bonds is 6. The minimum atomic E-state index is -0.320. The third kappa shape index (κ3) is 4.30. The topological polar surface area (TPSA) is 72.3 Å². The molecule has 3 aromatic carbocycles. The highest BCUT2D eigenvalue weighted by Crippen LogP contribution is 2.31. The van der Waals surface area contributed by atoms with Gasteiger partial charge in [-0.2, -0.15) is 0 Å². The molecule has 0 aliphatic carbocycles. The Balaban J connectivity index is 1.87. The van der Waals surface area contributed by atoms with Crippen molar-refractivity contribution in [1.29, 1.82) is 0 Å². The molecule has 5 heteroatoms. The van der Waals surface area contributed by atoms with Crippen LogP contribution in [0.4, 0.5) is 0 Å². The zero-order valence-corrected chi connectivity index (χ0v) is 17.9. The highest BCUT2D eigenvalue weighted by molar-refractivity contribution is 6.08. The first-order chi connectivity index (χ1) is 15.5. The summed E-state index contributed by atoms with van der Waals surface area (Å²) >= 11 is 0. The number of carbonyl (C=O) groups is 1. The van der Waals surface area contributed by atoms with Gasteiger partial charge in [0, 0.05) is 16.5 Å². The van der Waals surface area contributed by atoms with Gasteiger partial charge in [-0.05, 0) is 53.9 Å². The molecule has 0 unspecified atom stereocenters. The fourth-order valence-electron chi connectivity index (χ4n) is 3.41. The largest absolute Gasteiger partial charge is 0.508 e. The van der Waals surface area contributed by atoms with Crippen molar-refractivity contribution in [3.63, 3.8) is 0 Å². The zero-order chi connectivity index (χ0) is 22.7. The Hall–Kier alpha value is -4.17. The van der Waals surface area contributed by atoms with Gasteiger partial charge in [0.1, 0.15) is 18.1 Å². The summed E-state index contributed by atoms with van der Waals surface area (Å²) in [6.07, 6.45) is 5.31. The maximum Gasteiger partial charge on any atom is 0.230 e. The fraction of sp³-hybridized carbons (Fsp3) is 0.148. The van der Waals surface area contributed by atoms with E-state index in [1.807, 2.05) is 18.2 Å². The van der Waals surface area contributed by atoms with E-state index in [0.29, 0.717) is 28.4 Å². The molecule has 32 heavy (non-hydrogen) atoms. The molecule has 4 aromatic rings. The summed E-state index contributed by atoms with van der Waals surface area (Å²) in [5, 5.41) is 10.3. The van der Waals surface area contributed by atoms with Crippen LogP contribution in [0, 0.1) is 12.3 Å². The van der Waals surface area contributed by atoms with Crippen molar-refractivity contribution in [1.82, 2.24) is 9.97 Å².